The SMILES string of the molecule is COc1cccc(S(=O)(=O)N(C(=O)[CH]CC(C)C)C2CCCNCC2=O)c1. The van der Waals surface area contributed by atoms with Gasteiger partial charge in [0, 0.05) is 6.07 Å². The molecule has 2 rings (SSSR count). The summed E-state index contributed by atoms with van der Waals surface area (Å²) in [6.45, 7) is 4.53. The monoisotopic (exact) mass is 395 g/mol. The molecule has 8 heteroatoms. The Hall–Kier alpha value is -1.93. The molecule has 1 N–H and O–H groups in total. The van der Waals surface area contributed by atoms with Gasteiger partial charge in [0.15, 0.2) is 5.78 Å². The summed E-state index contributed by atoms with van der Waals surface area (Å²) in [6.07, 6.45) is 2.70. The maximum atomic E-state index is 13.3. The molecule has 1 aliphatic heterocycles. The molecule has 1 amide bonds. The minimum absolute atomic E-state index is 0.0479. The number of ketones is 1. The Morgan fingerprint density at radius 3 is 2.81 bits per heavy atom. The Labute approximate surface area is 161 Å². The summed E-state index contributed by atoms with van der Waals surface area (Å²) in [4.78, 5) is 25.3. The molecule has 1 radical (unpaired) electrons. The Morgan fingerprint density at radius 2 is 2.15 bits per heavy atom. The Balaban J connectivity index is 2.46. The van der Waals surface area contributed by atoms with Gasteiger partial charge in [0.1, 0.15) is 11.8 Å². The van der Waals surface area contributed by atoms with Crippen LogP contribution in [0.15, 0.2) is 29.2 Å². The minimum Gasteiger partial charge on any atom is -0.497 e. The molecule has 0 spiro atoms. The van der Waals surface area contributed by atoms with E-state index in [1.165, 1.54) is 25.7 Å². The zero-order chi connectivity index (χ0) is 20.0. The standard InChI is InChI=1S/C19H27N2O5S/c1-14(2)9-10-19(23)21(17-8-5-11-20-13-18(17)22)27(24,25)16-7-4-6-15(12-16)26-3/h4,6-7,10,12,14,17,20H,5,8-9,11,13H2,1-3H3. The summed E-state index contributed by atoms with van der Waals surface area (Å²) in [6, 6.07) is 4.92. The second kappa shape index (κ2) is 9.32. The predicted molar refractivity (Wildman–Crippen MR) is 102 cm³/mol. The largest absolute Gasteiger partial charge is 0.497 e. The van der Waals surface area contributed by atoms with E-state index in [9.17, 15) is 18.0 Å². The smallest absolute Gasteiger partial charge is 0.267 e. The zero-order valence-corrected chi connectivity index (χ0v) is 16.8. The van der Waals surface area contributed by atoms with Crippen LogP contribution < -0.4 is 10.1 Å². The Morgan fingerprint density at radius 1 is 1.41 bits per heavy atom. The highest BCUT2D eigenvalue weighted by molar-refractivity contribution is 7.89. The summed E-state index contributed by atoms with van der Waals surface area (Å²) in [5.74, 6) is -0.401. The van der Waals surface area contributed by atoms with Gasteiger partial charge in [-0.1, -0.05) is 19.9 Å². The number of sulfonamides is 1. The fraction of sp³-hybridized carbons (Fsp3) is 0.526. The van der Waals surface area contributed by atoms with E-state index in [1.807, 2.05) is 13.8 Å². The third-order valence-electron chi connectivity index (χ3n) is 4.36. The van der Waals surface area contributed by atoms with Crippen molar-refractivity contribution >= 4 is 21.7 Å². The van der Waals surface area contributed by atoms with Crippen LogP contribution in [0.25, 0.3) is 0 Å². The highest BCUT2D eigenvalue weighted by Gasteiger charge is 2.39. The first-order valence-electron chi connectivity index (χ1n) is 9.06. The van der Waals surface area contributed by atoms with E-state index in [2.05, 4.69) is 5.32 Å². The molecule has 1 unspecified atom stereocenters. The van der Waals surface area contributed by atoms with Gasteiger partial charge in [0.05, 0.1) is 25.0 Å². The van der Waals surface area contributed by atoms with Crippen LogP contribution in [0.4, 0.5) is 0 Å². The summed E-state index contributed by atoms with van der Waals surface area (Å²) < 4.78 is 32.5. The van der Waals surface area contributed by atoms with Crippen molar-refractivity contribution in [2.24, 2.45) is 5.92 Å². The number of hydrogen-bond acceptors (Lipinski definition) is 6. The first-order valence-corrected chi connectivity index (χ1v) is 10.5. The van der Waals surface area contributed by atoms with Gasteiger partial charge in [-0.15, -0.1) is 0 Å². The molecule has 0 aromatic heterocycles. The molecule has 1 atom stereocenters. The van der Waals surface area contributed by atoms with Crippen molar-refractivity contribution in [3.05, 3.63) is 30.7 Å². The number of ether oxygens (including phenoxy) is 1. The molecule has 27 heavy (non-hydrogen) atoms. The average Bonchev–Trinajstić information content (AvgIpc) is 2.85. The van der Waals surface area contributed by atoms with Crippen LogP contribution in [-0.2, 0) is 19.6 Å². The highest BCUT2D eigenvalue weighted by atomic mass is 32.2. The second-order valence-electron chi connectivity index (χ2n) is 6.95. The normalized spacial score (nSPS) is 18.2. The van der Waals surface area contributed by atoms with Crippen LogP contribution in [0.3, 0.4) is 0 Å². The third kappa shape index (κ3) is 5.29. The van der Waals surface area contributed by atoms with E-state index >= 15 is 0 Å². The van der Waals surface area contributed by atoms with Gasteiger partial charge in [-0.25, -0.2) is 12.7 Å². The highest BCUT2D eigenvalue weighted by Crippen LogP contribution is 2.26. The molecule has 0 bridgehead atoms. The maximum absolute atomic E-state index is 13.3. The summed E-state index contributed by atoms with van der Waals surface area (Å²) in [7, 11) is -2.77. The lowest BCUT2D eigenvalue weighted by atomic mass is 10.1. The molecular weight excluding hydrogens is 368 g/mol. The van der Waals surface area contributed by atoms with E-state index in [-0.39, 0.29) is 23.1 Å². The van der Waals surface area contributed by atoms with Gasteiger partial charge >= 0.3 is 0 Å². The van der Waals surface area contributed by atoms with Crippen LogP contribution in [0.1, 0.15) is 33.1 Å². The van der Waals surface area contributed by atoms with E-state index in [0.29, 0.717) is 31.6 Å². The van der Waals surface area contributed by atoms with Crippen molar-refractivity contribution in [3.63, 3.8) is 0 Å². The third-order valence-corrected chi connectivity index (χ3v) is 6.17. The molecule has 1 aromatic carbocycles. The van der Waals surface area contributed by atoms with E-state index < -0.39 is 22.0 Å². The van der Waals surface area contributed by atoms with Gasteiger partial charge in [-0.2, -0.15) is 0 Å². The first kappa shape index (κ1) is 21.4. The lowest BCUT2D eigenvalue weighted by molar-refractivity contribution is -0.131. The predicted octanol–water partition coefficient (Wildman–Crippen LogP) is 1.78. The summed E-state index contributed by atoms with van der Waals surface area (Å²) in [5, 5.41) is 2.97. The number of carbonyl (C=O) groups is 2. The number of nitrogens with one attached hydrogen (secondary N) is 1. The fourth-order valence-corrected chi connectivity index (χ4v) is 4.51. The van der Waals surface area contributed by atoms with Gasteiger partial charge in [-0.3, -0.25) is 9.59 Å². The van der Waals surface area contributed by atoms with Crippen LogP contribution in [0, 0.1) is 12.3 Å². The van der Waals surface area contributed by atoms with Crippen molar-refractivity contribution < 1.29 is 22.7 Å². The first-order chi connectivity index (χ1) is 12.8. The number of hydrogen-bond donors (Lipinski definition) is 1. The number of nitrogens with zero attached hydrogens (tertiary/aromatic N) is 1. The second-order valence-corrected chi connectivity index (χ2v) is 8.77. The molecule has 0 aliphatic carbocycles. The maximum Gasteiger partial charge on any atom is 0.267 e. The van der Waals surface area contributed by atoms with Crippen LogP contribution in [0.5, 0.6) is 5.75 Å². The van der Waals surface area contributed by atoms with Crippen molar-refractivity contribution in [1.82, 2.24) is 9.62 Å². The van der Waals surface area contributed by atoms with E-state index in [1.54, 1.807) is 12.1 Å². The lowest BCUT2D eigenvalue weighted by Crippen LogP contribution is -2.49. The summed E-state index contributed by atoms with van der Waals surface area (Å²) in [5.41, 5.74) is 0. The molecule has 1 aromatic rings. The van der Waals surface area contributed by atoms with Gasteiger partial charge in [0.25, 0.3) is 10.0 Å². The quantitative estimate of drug-likeness (QED) is 0.757. The lowest BCUT2D eigenvalue weighted by Gasteiger charge is -2.29. The number of benzene rings is 1. The zero-order valence-electron chi connectivity index (χ0n) is 16.0. The molecule has 0 saturated carbocycles. The molecular formula is C19H27N2O5S. The van der Waals surface area contributed by atoms with Crippen LogP contribution in [0.2, 0.25) is 0 Å². The van der Waals surface area contributed by atoms with Crippen molar-refractivity contribution in [3.8, 4) is 5.75 Å². The van der Waals surface area contributed by atoms with Gasteiger partial charge < -0.3 is 10.1 Å². The average molecular weight is 396 g/mol. The number of rotatable bonds is 7. The van der Waals surface area contributed by atoms with E-state index in [0.717, 1.165) is 4.31 Å². The van der Waals surface area contributed by atoms with Gasteiger partial charge in [0.2, 0.25) is 5.91 Å². The number of amides is 1. The van der Waals surface area contributed by atoms with Crippen LogP contribution >= 0.6 is 0 Å². The topological polar surface area (TPSA) is 92.8 Å². The van der Waals surface area contributed by atoms with E-state index in [4.69, 9.17) is 4.74 Å². The van der Waals surface area contributed by atoms with Crippen molar-refractivity contribution in [1.29, 1.82) is 0 Å². The molecule has 1 aliphatic rings. The van der Waals surface area contributed by atoms with Gasteiger partial charge in [-0.05, 0) is 43.9 Å². The number of carbonyl (C=O) groups excluding carboxylic acids is 2. The number of methoxy groups -OCH3 is 1. The number of Topliss-reactive ketones (excluding diaryl/α,β-unsaturated/α-hetero) is 1. The Bertz CT molecular complexity index is 776. The van der Waals surface area contributed by atoms with Crippen molar-refractivity contribution in [2.75, 3.05) is 20.2 Å². The molecule has 149 valence electrons. The summed E-state index contributed by atoms with van der Waals surface area (Å²) >= 11 is 0. The molecule has 1 fully saturated rings. The molecule has 7 nitrogen and oxygen atoms in total. The van der Waals surface area contributed by atoms with Crippen molar-refractivity contribution in [2.45, 2.75) is 44.0 Å². The Kier molecular flexibility index (Phi) is 7.38. The minimum atomic E-state index is -4.21. The fourth-order valence-electron chi connectivity index (χ4n) is 2.90. The molecule has 1 heterocycles. The van der Waals surface area contributed by atoms with Crippen LogP contribution in [-0.4, -0.2) is 50.7 Å². The molecule has 1 saturated heterocycles.